The third-order valence-corrected chi connectivity index (χ3v) is 4.10. The average molecular weight is 297 g/mol. The van der Waals surface area contributed by atoms with Gasteiger partial charge in [0, 0.05) is 11.8 Å². The van der Waals surface area contributed by atoms with Crippen molar-refractivity contribution in [2.45, 2.75) is 26.7 Å². The van der Waals surface area contributed by atoms with Gasteiger partial charge in [-0.15, -0.1) is 0 Å². The molecule has 22 heavy (non-hydrogen) atoms. The summed E-state index contributed by atoms with van der Waals surface area (Å²) in [6.07, 6.45) is 8.22. The largest absolute Gasteiger partial charge is 0.310 e. The van der Waals surface area contributed by atoms with Crippen molar-refractivity contribution < 1.29 is 9.59 Å². The highest BCUT2D eigenvalue weighted by Crippen LogP contribution is 2.53. The number of amides is 1. The van der Waals surface area contributed by atoms with Crippen LogP contribution in [0.3, 0.4) is 0 Å². The molecule has 5 heteroatoms. The van der Waals surface area contributed by atoms with Crippen LogP contribution in [0.5, 0.6) is 0 Å². The summed E-state index contributed by atoms with van der Waals surface area (Å²) in [4.78, 5) is 27.5. The molecule has 0 bridgehead atoms. The summed E-state index contributed by atoms with van der Waals surface area (Å²) in [5.41, 5.74) is 1.76. The molecule has 0 radical (unpaired) electrons. The third-order valence-electron chi connectivity index (χ3n) is 4.10. The predicted octanol–water partition coefficient (Wildman–Crippen LogP) is 2.48. The van der Waals surface area contributed by atoms with E-state index >= 15 is 0 Å². The summed E-state index contributed by atoms with van der Waals surface area (Å²) in [6.45, 7) is 7.50. The molecule has 1 amide bonds. The molecule has 2 rings (SSSR count). The summed E-state index contributed by atoms with van der Waals surface area (Å²) in [5.74, 6) is 0.424. The Bertz CT molecular complexity index is 680. The van der Waals surface area contributed by atoms with Crippen molar-refractivity contribution in [3.63, 3.8) is 0 Å². The standard InChI is InChI=1S/C17H19N3O2/c1-4-11-8-17(9-12(11)7-13(18)10-21)14(5-2)15(19-6-3)20-16(17)22/h4-7,10,18H,2,8-9H2,1,3H3,(H,20,22)/b11-4-,12-7-,18-13?,19-6-. The summed E-state index contributed by atoms with van der Waals surface area (Å²) in [7, 11) is 0. The molecule has 2 N–H and O–H groups in total. The highest BCUT2D eigenvalue weighted by Gasteiger charge is 2.52. The topological polar surface area (TPSA) is 82.4 Å². The van der Waals surface area contributed by atoms with E-state index in [1.165, 1.54) is 6.08 Å². The molecule has 114 valence electrons. The molecule has 1 spiro atoms. The van der Waals surface area contributed by atoms with Crippen LogP contribution in [0.4, 0.5) is 0 Å². The number of hydrogen-bond acceptors (Lipinski definition) is 4. The van der Waals surface area contributed by atoms with Crippen molar-refractivity contribution in [2.24, 2.45) is 10.4 Å². The van der Waals surface area contributed by atoms with E-state index in [1.54, 1.807) is 19.2 Å². The van der Waals surface area contributed by atoms with Crippen LogP contribution >= 0.6 is 0 Å². The third kappa shape index (κ3) is 2.39. The van der Waals surface area contributed by atoms with Gasteiger partial charge in [-0.05, 0) is 43.9 Å². The number of carbonyl (C=O) groups excluding carboxylic acids is 2. The lowest BCUT2D eigenvalue weighted by atomic mass is 9.79. The Morgan fingerprint density at radius 3 is 2.59 bits per heavy atom. The van der Waals surface area contributed by atoms with Crippen molar-refractivity contribution in [3.05, 3.63) is 47.3 Å². The maximum absolute atomic E-state index is 12.6. The Morgan fingerprint density at radius 2 is 2.05 bits per heavy atom. The quantitative estimate of drug-likeness (QED) is 0.617. The van der Waals surface area contributed by atoms with Crippen molar-refractivity contribution >= 4 is 24.1 Å². The van der Waals surface area contributed by atoms with Crippen LogP contribution in [-0.4, -0.2) is 24.1 Å². The molecule has 0 aromatic rings. The monoisotopic (exact) mass is 297 g/mol. The summed E-state index contributed by atoms with van der Waals surface area (Å²) in [5, 5.41) is 10.4. The summed E-state index contributed by atoms with van der Waals surface area (Å²) >= 11 is 0. The highest BCUT2D eigenvalue weighted by molar-refractivity contribution is 6.32. The van der Waals surface area contributed by atoms with Gasteiger partial charge in [0.25, 0.3) is 0 Å². The number of allylic oxidation sites excluding steroid dienone is 5. The van der Waals surface area contributed by atoms with E-state index in [0.29, 0.717) is 24.9 Å². The van der Waals surface area contributed by atoms with E-state index in [2.05, 4.69) is 16.9 Å². The van der Waals surface area contributed by atoms with Crippen LogP contribution < -0.4 is 5.32 Å². The van der Waals surface area contributed by atoms with Crippen molar-refractivity contribution in [3.8, 4) is 0 Å². The van der Waals surface area contributed by atoms with E-state index in [1.807, 2.05) is 13.0 Å². The zero-order chi connectivity index (χ0) is 16.3. The van der Waals surface area contributed by atoms with Gasteiger partial charge >= 0.3 is 0 Å². The molecule has 1 unspecified atom stereocenters. The maximum Gasteiger partial charge on any atom is 0.237 e. The Hall–Kier alpha value is -2.56. The zero-order valence-electron chi connectivity index (χ0n) is 12.8. The van der Waals surface area contributed by atoms with E-state index < -0.39 is 5.41 Å². The molecular weight excluding hydrogens is 278 g/mol. The lowest BCUT2D eigenvalue weighted by Crippen LogP contribution is -2.31. The molecule has 0 aromatic heterocycles. The molecule has 5 nitrogen and oxygen atoms in total. The molecular formula is C17H19N3O2. The minimum absolute atomic E-state index is 0.0965. The Morgan fingerprint density at radius 1 is 1.36 bits per heavy atom. The Kier molecular flexibility index (Phi) is 4.35. The number of aldehydes is 1. The van der Waals surface area contributed by atoms with Gasteiger partial charge in [0.2, 0.25) is 5.91 Å². The molecule has 1 aliphatic heterocycles. The van der Waals surface area contributed by atoms with Crippen LogP contribution in [-0.2, 0) is 9.59 Å². The fraction of sp³-hybridized carbons (Fsp3) is 0.294. The molecule has 1 fully saturated rings. The number of carbonyl (C=O) groups is 2. The highest BCUT2D eigenvalue weighted by atomic mass is 16.2. The summed E-state index contributed by atoms with van der Waals surface area (Å²) in [6, 6.07) is 0. The van der Waals surface area contributed by atoms with Crippen molar-refractivity contribution in [1.82, 2.24) is 5.32 Å². The van der Waals surface area contributed by atoms with E-state index in [4.69, 9.17) is 5.41 Å². The van der Waals surface area contributed by atoms with Gasteiger partial charge in [-0.3, -0.25) is 15.0 Å². The molecule has 0 aromatic carbocycles. The van der Waals surface area contributed by atoms with Crippen LogP contribution in [0.1, 0.15) is 26.7 Å². The van der Waals surface area contributed by atoms with Gasteiger partial charge in [0.15, 0.2) is 6.29 Å². The molecule has 2 aliphatic rings. The van der Waals surface area contributed by atoms with Gasteiger partial charge in [0.1, 0.15) is 5.82 Å². The van der Waals surface area contributed by atoms with Crippen molar-refractivity contribution in [1.29, 1.82) is 5.41 Å². The van der Waals surface area contributed by atoms with Gasteiger partial charge < -0.3 is 5.32 Å². The number of nitrogens with one attached hydrogen (secondary N) is 2. The maximum atomic E-state index is 12.6. The van der Waals surface area contributed by atoms with Crippen LogP contribution in [0.25, 0.3) is 0 Å². The predicted molar refractivity (Wildman–Crippen MR) is 86.8 cm³/mol. The van der Waals surface area contributed by atoms with Crippen LogP contribution in [0.2, 0.25) is 0 Å². The van der Waals surface area contributed by atoms with E-state index in [9.17, 15) is 9.59 Å². The second-order valence-corrected chi connectivity index (χ2v) is 5.30. The first kappa shape index (κ1) is 15.8. The zero-order valence-corrected chi connectivity index (χ0v) is 12.8. The minimum Gasteiger partial charge on any atom is -0.310 e. The fourth-order valence-corrected chi connectivity index (χ4v) is 3.11. The second-order valence-electron chi connectivity index (χ2n) is 5.30. The van der Waals surface area contributed by atoms with Gasteiger partial charge in [0.05, 0.1) is 11.1 Å². The molecule has 1 aliphatic carbocycles. The number of rotatable bonds is 4. The molecule has 1 atom stereocenters. The smallest absolute Gasteiger partial charge is 0.237 e. The Labute approximate surface area is 129 Å². The first-order valence-electron chi connectivity index (χ1n) is 7.09. The number of nitrogens with zero attached hydrogens (tertiary/aromatic N) is 1. The molecule has 1 heterocycles. The second kappa shape index (κ2) is 6.05. The fourth-order valence-electron chi connectivity index (χ4n) is 3.11. The van der Waals surface area contributed by atoms with E-state index in [0.717, 1.165) is 16.7 Å². The first-order valence-corrected chi connectivity index (χ1v) is 7.09. The average Bonchev–Trinajstić information content (AvgIpc) is 2.98. The minimum atomic E-state index is -0.736. The van der Waals surface area contributed by atoms with Gasteiger partial charge in [-0.1, -0.05) is 18.7 Å². The normalized spacial score (nSPS) is 28.2. The van der Waals surface area contributed by atoms with E-state index in [-0.39, 0.29) is 11.6 Å². The lowest BCUT2D eigenvalue weighted by Gasteiger charge is -2.20. The van der Waals surface area contributed by atoms with Crippen LogP contribution in [0, 0.1) is 10.8 Å². The SMILES string of the molecule is C=CC1=C(/N=C\C)NC(=O)C12CC(=C/C)/C(=C\C(=N)C=O)C2. The summed E-state index contributed by atoms with van der Waals surface area (Å²) < 4.78 is 0. The van der Waals surface area contributed by atoms with Crippen molar-refractivity contribution in [2.75, 3.05) is 0 Å². The van der Waals surface area contributed by atoms with Crippen LogP contribution in [0.15, 0.2) is 52.3 Å². The first-order chi connectivity index (χ1) is 10.5. The molecule has 1 saturated carbocycles. The number of hydrogen-bond donors (Lipinski definition) is 2. The lowest BCUT2D eigenvalue weighted by molar-refractivity contribution is -0.126. The van der Waals surface area contributed by atoms with Gasteiger partial charge in [-0.2, -0.15) is 0 Å². The molecule has 0 saturated heterocycles. The Balaban J connectivity index is 2.54. The van der Waals surface area contributed by atoms with Gasteiger partial charge in [-0.25, -0.2) is 4.99 Å². The number of aliphatic imine (C=N–C) groups is 1.